The first-order chi connectivity index (χ1) is 15.1. The highest BCUT2D eigenvalue weighted by atomic mass is 16.6. The molecule has 32 heavy (non-hydrogen) atoms. The lowest BCUT2D eigenvalue weighted by Crippen LogP contribution is -2.36. The summed E-state index contributed by atoms with van der Waals surface area (Å²) in [5.74, 6) is -0.852. The number of hydrogen-bond donors (Lipinski definition) is 2. The monoisotopic (exact) mass is 441 g/mol. The third-order valence-electron chi connectivity index (χ3n) is 4.50. The van der Waals surface area contributed by atoms with Crippen LogP contribution in [0.15, 0.2) is 41.2 Å². The van der Waals surface area contributed by atoms with Crippen molar-refractivity contribution >= 4 is 17.5 Å². The van der Waals surface area contributed by atoms with E-state index in [0.717, 1.165) is 28.2 Å². The zero-order valence-electron chi connectivity index (χ0n) is 17.9. The minimum atomic E-state index is -0.596. The fourth-order valence-corrected chi connectivity index (χ4v) is 2.74. The van der Waals surface area contributed by atoms with Crippen molar-refractivity contribution in [2.45, 2.75) is 32.7 Å². The maximum absolute atomic E-state index is 12.2. The number of aromatic nitrogens is 4. The Bertz CT molecular complexity index is 1110. The van der Waals surface area contributed by atoms with E-state index in [1.165, 1.54) is 0 Å². The molecule has 2 N–H and O–H groups in total. The molecule has 0 fully saturated rings. The van der Waals surface area contributed by atoms with E-state index in [9.17, 15) is 19.7 Å². The van der Waals surface area contributed by atoms with Crippen molar-refractivity contribution in [3.63, 3.8) is 0 Å². The Morgan fingerprint density at radius 1 is 1.16 bits per heavy atom. The molecule has 168 valence electrons. The molecule has 2 heterocycles. The molecule has 2 amide bonds. The summed E-state index contributed by atoms with van der Waals surface area (Å²) in [6, 6.07) is 7.71. The number of amides is 2. The summed E-state index contributed by atoms with van der Waals surface area (Å²) < 4.78 is 6.18. The Morgan fingerprint density at radius 3 is 2.47 bits per heavy atom. The molecule has 0 aliphatic heterocycles. The third kappa shape index (κ3) is 5.74. The lowest BCUT2D eigenvalue weighted by Gasteiger charge is -2.18. The van der Waals surface area contributed by atoms with E-state index in [4.69, 9.17) is 4.52 Å². The average Bonchev–Trinajstić information content (AvgIpc) is 3.40. The van der Waals surface area contributed by atoms with E-state index in [1.807, 2.05) is 24.3 Å². The Kier molecular flexibility index (Phi) is 6.61. The van der Waals surface area contributed by atoms with Crippen LogP contribution in [0.5, 0.6) is 0 Å². The number of rotatable bonds is 8. The van der Waals surface area contributed by atoms with Crippen LogP contribution in [-0.4, -0.2) is 49.7 Å². The van der Waals surface area contributed by atoms with Gasteiger partial charge in [-0.25, -0.2) is 0 Å². The summed E-state index contributed by atoms with van der Waals surface area (Å²) >= 11 is 0. The molecule has 3 aromatic rings. The van der Waals surface area contributed by atoms with Gasteiger partial charge in [-0.1, -0.05) is 50.2 Å². The van der Waals surface area contributed by atoms with Crippen molar-refractivity contribution < 1.29 is 19.0 Å². The van der Waals surface area contributed by atoms with Gasteiger partial charge in [-0.3, -0.25) is 24.4 Å². The van der Waals surface area contributed by atoms with Crippen molar-refractivity contribution in [2.75, 3.05) is 13.1 Å². The fourth-order valence-electron chi connectivity index (χ4n) is 2.74. The van der Waals surface area contributed by atoms with Gasteiger partial charge in [-0.05, 0) is 11.0 Å². The number of benzene rings is 1. The molecule has 0 radical (unpaired) electrons. The lowest BCUT2D eigenvalue weighted by molar-refractivity contribution is -0.385. The minimum absolute atomic E-state index is 0.0204. The number of nitrogens with zero attached hydrogens (tertiary/aromatic N) is 5. The van der Waals surface area contributed by atoms with Crippen LogP contribution in [0.25, 0.3) is 11.4 Å². The Labute approximate surface area is 183 Å². The van der Waals surface area contributed by atoms with Crippen LogP contribution < -0.4 is 10.6 Å². The van der Waals surface area contributed by atoms with Gasteiger partial charge in [0.05, 0.1) is 4.92 Å². The molecular weight excluding hydrogens is 418 g/mol. The summed E-state index contributed by atoms with van der Waals surface area (Å²) in [5.41, 5.74) is 1.71. The van der Waals surface area contributed by atoms with Crippen molar-refractivity contribution in [2.24, 2.45) is 0 Å². The molecule has 12 nitrogen and oxygen atoms in total. The molecule has 0 saturated carbocycles. The summed E-state index contributed by atoms with van der Waals surface area (Å²) in [7, 11) is 0. The van der Waals surface area contributed by atoms with Gasteiger partial charge in [0, 0.05) is 18.7 Å². The molecule has 3 rings (SSSR count). The van der Waals surface area contributed by atoms with Crippen LogP contribution >= 0.6 is 0 Å². The summed E-state index contributed by atoms with van der Waals surface area (Å²) in [6.45, 7) is 6.44. The summed E-state index contributed by atoms with van der Waals surface area (Å²) in [5, 5.41) is 23.3. The van der Waals surface area contributed by atoms with Crippen LogP contribution in [-0.2, 0) is 16.8 Å². The predicted molar refractivity (Wildman–Crippen MR) is 113 cm³/mol. The Balaban J connectivity index is 1.45. The van der Waals surface area contributed by atoms with Crippen molar-refractivity contribution in [3.05, 3.63) is 58.2 Å². The Hall–Kier alpha value is -4.09. The molecule has 0 unspecified atom stereocenters. The minimum Gasteiger partial charge on any atom is -0.353 e. The van der Waals surface area contributed by atoms with Crippen LogP contribution in [0.1, 0.15) is 37.0 Å². The highest BCUT2D eigenvalue weighted by Crippen LogP contribution is 2.24. The second-order valence-electron chi connectivity index (χ2n) is 8.01. The van der Waals surface area contributed by atoms with Gasteiger partial charge >= 0.3 is 17.5 Å². The molecule has 0 atom stereocenters. The van der Waals surface area contributed by atoms with Crippen molar-refractivity contribution in [3.8, 4) is 11.4 Å². The predicted octanol–water partition coefficient (Wildman–Crippen LogP) is 1.68. The fraction of sp³-hybridized carbons (Fsp3) is 0.350. The van der Waals surface area contributed by atoms with Crippen LogP contribution in [0.2, 0.25) is 0 Å². The van der Waals surface area contributed by atoms with E-state index in [0.29, 0.717) is 5.82 Å². The van der Waals surface area contributed by atoms with Crippen molar-refractivity contribution in [1.82, 2.24) is 30.6 Å². The molecule has 1 aromatic carbocycles. The molecule has 0 aliphatic carbocycles. The van der Waals surface area contributed by atoms with Gasteiger partial charge in [-0.2, -0.15) is 10.1 Å². The topological polar surface area (TPSA) is 158 Å². The molecule has 0 aliphatic rings. The standard InChI is InChI=1S/C20H23N7O5/c1-20(2,3)14-6-4-13(5-7-14)17-24-19(32-25-17)18(29)22-9-8-21-16(28)12-26-11-15(10-23-26)27(30)31/h4-7,10-11H,8-9,12H2,1-3H3,(H,21,28)(H,22,29). The number of nitrogens with one attached hydrogen (secondary N) is 2. The van der Waals surface area contributed by atoms with Crippen LogP contribution in [0.3, 0.4) is 0 Å². The van der Waals surface area contributed by atoms with Crippen LogP contribution in [0.4, 0.5) is 5.69 Å². The second kappa shape index (κ2) is 9.37. The maximum atomic E-state index is 12.2. The zero-order chi connectivity index (χ0) is 23.3. The van der Waals surface area contributed by atoms with Gasteiger partial charge < -0.3 is 15.2 Å². The number of nitro groups is 1. The number of carbonyl (C=O) groups is 2. The molecule has 0 saturated heterocycles. The third-order valence-corrected chi connectivity index (χ3v) is 4.50. The first-order valence-corrected chi connectivity index (χ1v) is 9.80. The van der Waals surface area contributed by atoms with Gasteiger partial charge in [-0.15, -0.1) is 0 Å². The van der Waals surface area contributed by atoms with E-state index in [-0.39, 0.29) is 36.6 Å². The first-order valence-electron chi connectivity index (χ1n) is 9.80. The van der Waals surface area contributed by atoms with Crippen LogP contribution in [0, 0.1) is 10.1 Å². The Morgan fingerprint density at radius 2 is 1.84 bits per heavy atom. The van der Waals surface area contributed by atoms with Gasteiger partial charge in [0.1, 0.15) is 18.9 Å². The lowest BCUT2D eigenvalue weighted by atomic mass is 9.87. The van der Waals surface area contributed by atoms with Gasteiger partial charge in [0.2, 0.25) is 11.7 Å². The van der Waals surface area contributed by atoms with E-state index in [2.05, 4.69) is 46.6 Å². The van der Waals surface area contributed by atoms with E-state index < -0.39 is 16.7 Å². The normalized spacial score (nSPS) is 11.2. The molecule has 0 spiro atoms. The highest BCUT2D eigenvalue weighted by Gasteiger charge is 2.18. The average molecular weight is 441 g/mol. The second-order valence-corrected chi connectivity index (χ2v) is 8.01. The first kappa shape index (κ1) is 22.6. The van der Waals surface area contributed by atoms with Gasteiger partial charge in [0.25, 0.3) is 0 Å². The number of carbonyl (C=O) groups excluding carboxylic acids is 2. The quantitative estimate of drug-likeness (QED) is 0.303. The van der Waals surface area contributed by atoms with Crippen molar-refractivity contribution in [1.29, 1.82) is 0 Å². The SMILES string of the molecule is CC(C)(C)c1ccc(-c2noc(C(=O)NCCNC(=O)Cn3cc([N+](=O)[O-])cn3)n2)cc1. The highest BCUT2D eigenvalue weighted by molar-refractivity contribution is 5.89. The summed E-state index contributed by atoms with van der Waals surface area (Å²) in [6.07, 6.45) is 2.22. The van der Waals surface area contributed by atoms with E-state index in [1.54, 1.807) is 0 Å². The maximum Gasteiger partial charge on any atom is 0.316 e. The van der Waals surface area contributed by atoms with Gasteiger partial charge in [0.15, 0.2) is 0 Å². The largest absolute Gasteiger partial charge is 0.353 e. The molecule has 12 heteroatoms. The number of hydrogen-bond acceptors (Lipinski definition) is 8. The molecule has 0 bridgehead atoms. The molecule has 2 aromatic heterocycles. The van der Waals surface area contributed by atoms with E-state index >= 15 is 0 Å². The smallest absolute Gasteiger partial charge is 0.316 e. The zero-order valence-corrected chi connectivity index (χ0v) is 17.9. The summed E-state index contributed by atoms with van der Waals surface area (Å²) in [4.78, 5) is 38.2. The molecular formula is C20H23N7O5.